The van der Waals surface area contributed by atoms with E-state index in [0.717, 1.165) is 44.8 Å². The van der Waals surface area contributed by atoms with Crippen molar-refractivity contribution < 1.29 is 66.7 Å². The number of benzene rings is 4. The van der Waals surface area contributed by atoms with Crippen LogP contribution in [0.1, 0.15) is 71.9 Å². The van der Waals surface area contributed by atoms with Gasteiger partial charge in [0.1, 0.15) is 0 Å². The third kappa shape index (κ3) is 25.1. The van der Waals surface area contributed by atoms with Gasteiger partial charge in [0, 0.05) is 87.0 Å². The van der Waals surface area contributed by atoms with Gasteiger partial charge in [-0.15, -0.1) is 0 Å². The summed E-state index contributed by atoms with van der Waals surface area (Å²) in [5, 5.41) is 11.1. The summed E-state index contributed by atoms with van der Waals surface area (Å²) >= 11 is 0. The molecule has 2 aliphatic rings. The van der Waals surface area contributed by atoms with Gasteiger partial charge in [0.25, 0.3) is 0 Å². The van der Waals surface area contributed by atoms with Crippen molar-refractivity contribution in [2.75, 3.05) is 142 Å². The number of carbonyl (C=O) groups excluding carboxylic acids is 6. The molecule has 4 aromatic carbocycles. The van der Waals surface area contributed by atoms with Gasteiger partial charge in [-0.3, -0.25) is 28.8 Å². The van der Waals surface area contributed by atoms with Gasteiger partial charge in [-0.2, -0.15) is 0 Å². The maximum absolute atomic E-state index is 13.4. The number of nitrogens with two attached hydrogens (primary N) is 1. The number of nitrogens with zero attached hydrogens (tertiary/aromatic N) is 2. The predicted molar refractivity (Wildman–Crippen MR) is 314 cm³/mol. The van der Waals surface area contributed by atoms with E-state index >= 15 is 0 Å². The standard InChI is InChI=1S/C63H79N7O14/c64-55(47-83-31-25-60(73)67-29-35-79-39-43-81-41-37-77-33-27-65-58(71)21-23-62(75)69-45-53-13-3-1-9-49(53)17-19-51-11-5-7-15-56(51)69)48-84-32-26-61(74)68-30-36-80-40-44-82-42-38-78-34-28-66-59(72)22-24-63(76)70-46-54-14-4-2-10-50(54)18-20-52-12-6-8-16-57(52)70/h1-16,55H,21-48,64H2,(H,65,71)(H,66,72)(H,67,73)(H,68,74). The number of anilines is 2. The van der Waals surface area contributed by atoms with Gasteiger partial charge in [-0.05, 0) is 47.5 Å². The average Bonchev–Trinajstić information content (AvgIpc) is 3.66. The maximum atomic E-state index is 13.4. The molecule has 4 aromatic rings. The summed E-state index contributed by atoms with van der Waals surface area (Å²) in [6.45, 7) is 6.84. The summed E-state index contributed by atoms with van der Waals surface area (Å²) in [6.07, 6.45) is 0.553. The first-order chi connectivity index (χ1) is 41.1. The zero-order chi connectivity index (χ0) is 59.2. The summed E-state index contributed by atoms with van der Waals surface area (Å²) in [5.41, 5.74) is 12.7. The van der Waals surface area contributed by atoms with Crippen molar-refractivity contribution in [2.24, 2.45) is 5.73 Å². The molecule has 0 saturated carbocycles. The van der Waals surface area contributed by atoms with Gasteiger partial charge < -0.3 is 74.7 Å². The molecule has 0 bridgehead atoms. The summed E-state index contributed by atoms with van der Waals surface area (Å²) in [7, 11) is 0. The number of rotatable bonds is 40. The van der Waals surface area contributed by atoms with Crippen molar-refractivity contribution in [3.05, 3.63) is 130 Å². The lowest BCUT2D eigenvalue weighted by Gasteiger charge is -2.26. The van der Waals surface area contributed by atoms with Crippen LogP contribution < -0.4 is 36.8 Å². The zero-order valence-corrected chi connectivity index (χ0v) is 47.8. The van der Waals surface area contributed by atoms with Crippen LogP contribution in [0.4, 0.5) is 11.4 Å². The van der Waals surface area contributed by atoms with Gasteiger partial charge in [-0.25, -0.2) is 0 Å². The smallest absolute Gasteiger partial charge is 0.227 e. The monoisotopic (exact) mass is 1160 g/mol. The van der Waals surface area contributed by atoms with Crippen LogP contribution in [0.15, 0.2) is 97.1 Å². The van der Waals surface area contributed by atoms with E-state index in [1.54, 1.807) is 9.80 Å². The minimum atomic E-state index is -0.419. The molecule has 2 heterocycles. The van der Waals surface area contributed by atoms with Crippen molar-refractivity contribution in [2.45, 2.75) is 57.7 Å². The van der Waals surface area contributed by atoms with E-state index in [9.17, 15) is 28.8 Å². The Bertz CT molecular complexity index is 2660. The first kappa shape index (κ1) is 65.6. The van der Waals surface area contributed by atoms with Crippen LogP contribution in [0.5, 0.6) is 0 Å². The summed E-state index contributed by atoms with van der Waals surface area (Å²) in [4.78, 5) is 79.4. The molecule has 0 fully saturated rings. The molecule has 0 atom stereocenters. The third-order valence-electron chi connectivity index (χ3n) is 12.9. The molecule has 0 aromatic heterocycles. The van der Waals surface area contributed by atoms with Gasteiger partial charge in [0.2, 0.25) is 35.4 Å². The Morgan fingerprint density at radius 1 is 0.369 bits per heavy atom. The van der Waals surface area contributed by atoms with E-state index in [0.29, 0.717) is 119 Å². The highest BCUT2D eigenvalue weighted by atomic mass is 16.5. The average molecular weight is 1160 g/mol. The Morgan fingerprint density at radius 3 is 1.04 bits per heavy atom. The number of carbonyl (C=O) groups is 6. The molecule has 21 heteroatoms. The molecule has 84 heavy (non-hydrogen) atoms. The molecule has 2 aliphatic heterocycles. The highest BCUT2D eigenvalue weighted by Gasteiger charge is 2.24. The SMILES string of the molecule is NC(COCCC(=O)NCCOCCOCCOCCNC(=O)CCC(=O)N1Cc2ccccc2C#Cc2ccccc21)COCCC(=O)NCCOCCOCCOCCNC(=O)CCC(=O)N1Cc2ccccc2C#Cc2ccccc21. The highest BCUT2D eigenvalue weighted by Crippen LogP contribution is 2.28. The van der Waals surface area contributed by atoms with Crippen LogP contribution >= 0.6 is 0 Å². The van der Waals surface area contributed by atoms with Crippen LogP contribution in [0.2, 0.25) is 0 Å². The summed E-state index contributed by atoms with van der Waals surface area (Å²) in [5.74, 6) is 11.7. The molecule has 0 spiro atoms. The first-order valence-corrected chi connectivity index (χ1v) is 28.6. The number of nitrogens with one attached hydrogen (secondary N) is 4. The van der Waals surface area contributed by atoms with Gasteiger partial charge in [0.05, 0.1) is 136 Å². The minimum Gasteiger partial charge on any atom is -0.379 e. The number of hydrogen-bond acceptors (Lipinski definition) is 15. The van der Waals surface area contributed by atoms with Crippen LogP contribution in [0.25, 0.3) is 0 Å². The van der Waals surface area contributed by atoms with Crippen molar-refractivity contribution in [3.8, 4) is 23.7 Å². The van der Waals surface area contributed by atoms with Crippen molar-refractivity contribution in [1.82, 2.24) is 21.3 Å². The van der Waals surface area contributed by atoms with E-state index in [1.807, 2.05) is 97.1 Å². The lowest BCUT2D eigenvalue weighted by Crippen LogP contribution is -2.34. The lowest BCUT2D eigenvalue weighted by molar-refractivity contribution is -0.125. The first-order valence-electron chi connectivity index (χ1n) is 28.6. The fourth-order valence-corrected chi connectivity index (χ4v) is 8.46. The van der Waals surface area contributed by atoms with Crippen molar-refractivity contribution in [3.63, 3.8) is 0 Å². The molecule has 6 rings (SSSR count). The fourth-order valence-electron chi connectivity index (χ4n) is 8.46. The van der Waals surface area contributed by atoms with Gasteiger partial charge in [-0.1, -0.05) is 84.3 Å². The predicted octanol–water partition coefficient (Wildman–Crippen LogP) is 3.15. The molecule has 450 valence electrons. The topological polar surface area (TPSA) is 257 Å². The second kappa shape index (κ2) is 39.1. The molecular formula is C63H79N7O14. The van der Waals surface area contributed by atoms with Crippen molar-refractivity contribution >= 4 is 46.8 Å². The normalized spacial score (nSPS) is 12.1. The number of ether oxygens (including phenoxy) is 8. The van der Waals surface area contributed by atoms with Crippen molar-refractivity contribution in [1.29, 1.82) is 0 Å². The minimum absolute atomic E-state index is 0.0558. The fraction of sp³-hybridized carbons (Fsp3) is 0.460. The number of fused-ring (bicyclic) bond motifs is 4. The Morgan fingerprint density at radius 2 is 0.667 bits per heavy atom. The Kier molecular flexibility index (Phi) is 30.5. The second-order valence-corrected chi connectivity index (χ2v) is 19.3. The van der Waals surface area contributed by atoms with Crippen LogP contribution in [0.3, 0.4) is 0 Å². The van der Waals surface area contributed by atoms with Crippen LogP contribution in [-0.4, -0.2) is 173 Å². The Hall–Kier alpha value is -7.54. The maximum Gasteiger partial charge on any atom is 0.227 e. The number of amides is 6. The number of hydrogen-bond donors (Lipinski definition) is 5. The number of para-hydroxylation sites is 2. The second-order valence-electron chi connectivity index (χ2n) is 19.3. The van der Waals surface area contributed by atoms with E-state index in [2.05, 4.69) is 44.9 Å². The van der Waals surface area contributed by atoms with E-state index < -0.39 is 6.04 Å². The molecule has 0 saturated heterocycles. The zero-order valence-electron chi connectivity index (χ0n) is 47.8. The largest absolute Gasteiger partial charge is 0.379 e. The van der Waals surface area contributed by atoms with Crippen LogP contribution in [0, 0.1) is 23.7 Å². The molecule has 0 aliphatic carbocycles. The van der Waals surface area contributed by atoms with E-state index in [1.165, 1.54) is 0 Å². The lowest BCUT2D eigenvalue weighted by atomic mass is 10.0. The summed E-state index contributed by atoms with van der Waals surface area (Å²) < 4.78 is 44.2. The van der Waals surface area contributed by atoms with E-state index in [-0.39, 0.29) is 100 Å². The quantitative estimate of drug-likeness (QED) is 0.0317. The Balaban J connectivity index is 0.631. The van der Waals surface area contributed by atoms with E-state index in [4.69, 9.17) is 43.6 Å². The Labute approximate surface area is 492 Å². The van der Waals surface area contributed by atoms with Gasteiger partial charge in [0.15, 0.2) is 0 Å². The molecule has 6 N–H and O–H groups in total. The van der Waals surface area contributed by atoms with Crippen LogP contribution in [-0.2, 0) is 79.8 Å². The van der Waals surface area contributed by atoms with Gasteiger partial charge >= 0.3 is 0 Å². The molecule has 6 amide bonds. The highest BCUT2D eigenvalue weighted by molar-refractivity contribution is 5.98. The molecule has 21 nitrogen and oxygen atoms in total. The third-order valence-corrected chi connectivity index (χ3v) is 12.9. The summed E-state index contributed by atoms with van der Waals surface area (Å²) in [6, 6.07) is 30.2. The molecular weight excluding hydrogens is 1080 g/mol. The molecule has 0 unspecified atom stereocenters. The molecule has 0 radical (unpaired) electrons.